The first-order valence-electron chi connectivity index (χ1n) is 8.57. The number of rotatable bonds is 6. The van der Waals surface area contributed by atoms with Crippen molar-refractivity contribution in [2.24, 2.45) is 5.92 Å². The van der Waals surface area contributed by atoms with Crippen molar-refractivity contribution < 1.29 is 4.74 Å². The van der Waals surface area contributed by atoms with Gasteiger partial charge in [-0.2, -0.15) is 0 Å². The van der Waals surface area contributed by atoms with Crippen LogP contribution < -0.4 is 10.1 Å². The van der Waals surface area contributed by atoms with E-state index in [2.05, 4.69) is 57.4 Å². The van der Waals surface area contributed by atoms with Gasteiger partial charge in [0.15, 0.2) is 0 Å². The first-order chi connectivity index (χ1) is 10.1. The van der Waals surface area contributed by atoms with E-state index in [-0.39, 0.29) is 0 Å². The van der Waals surface area contributed by atoms with Crippen molar-refractivity contribution in [1.82, 2.24) is 5.32 Å². The molecule has 118 valence electrons. The number of nitrogens with one attached hydrogen (secondary N) is 1. The zero-order valence-electron chi connectivity index (χ0n) is 14.1. The van der Waals surface area contributed by atoms with Gasteiger partial charge < -0.3 is 10.1 Å². The van der Waals surface area contributed by atoms with Gasteiger partial charge >= 0.3 is 0 Å². The average Bonchev–Trinajstić information content (AvgIpc) is 2.48. The lowest BCUT2D eigenvalue weighted by Gasteiger charge is -2.36. The van der Waals surface area contributed by atoms with E-state index < -0.39 is 0 Å². The molecule has 21 heavy (non-hydrogen) atoms. The van der Waals surface area contributed by atoms with E-state index >= 15 is 0 Å². The molecular weight excluding hydrogens is 258 g/mol. The topological polar surface area (TPSA) is 21.3 Å². The Balaban J connectivity index is 2.05. The Morgan fingerprint density at radius 3 is 2.76 bits per heavy atom. The van der Waals surface area contributed by atoms with Gasteiger partial charge in [0.2, 0.25) is 0 Å². The van der Waals surface area contributed by atoms with Crippen molar-refractivity contribution in [3.63, 3.8) is 0 Å². The number of hydrogen-bond donors (Lipinski definition) is 1. The van der Waals surface area contributed by atoms with Crippen molar-refractivity contribution in [2.75, 3.05) is 7.05 Å². The predicted molar refractivity (Wildman–Crippen MR) is 90.0 cm³/mol. The van der Waals surface area contributed by atoms with Gasteiger partial charge in [-0.3, -0.25) is 0 Å². The SMILES string of the molecule is CCCC1CCC(NC)C(Oc2cccc(C(C)C)c2)C1. The van der Waals surface area contributed by atoms with Crippen molar-refractivity contribution in [3.05, 3.63) is 29.8 Å². The van der Waals surface area contributed by atoms with Gasteiger partial charge in [-0.25, -0.2) is 0 Å². The second kappa shape index (κ2) is 7.84. The van der Waals surface area contributed by atoms with Gasteiger partial charge in [0, 0.05) is 6.04 Å². The maximum absolute atomic E-state index is 6.36. The largest absolute Gasteiger partial charge is 0.489 e. The second-order valence-corrected chi connectivity index (χ2v) is 6.75. The normalized spacial score (nSPS) is 26.0. The van der Waals surface area contributed by atoms with Crippen molar-refractivity contribution >= 4 is 0 Å². The molecule has 2 rings (SSSR count). The zero-order valence-corrected chi connectivity index (χ0v) is 14.1. The van der Waals surface area contributed by atoms with E-state index in [0.29, 0.717) is 18.1 Å². The van der Waals surface area contributed by atoms with Crippen LogP contribution in [0.15, 0.2) is 24.3 Å². The summed E-state index contributed by atoms with van der Waals surface area (Å²) in [6, 6.07) is 9.10. The third kappa shape index (κ3) is 4.47. The molecule has 2 nitrogen and oxygen atoms in total. The lowest BCUT2D eigenvalue weighted by molar-refractivity contribution is 0.0865. The quantitative estimate of drug-likeness (QED) is 0.816. The summed E-state index contributed by atoms with van der Waals surface area (Å²) in [5.41, 5.74) is 1.36. The second-order valence-electron chi connectivity index (χ2n) is 6.75. The standard InChI is InChI=1S/C19H31NO/c1-5-7-15-10-11-18(20-4)19(12-15)21-17-9-6-8-16(13-17)14(2)3/h6,8-9,13-15,18-20H,5,7,10-12H2,1-4H3. The lowest BCUT2D eigenvalue weighted by atomic mass is 9.81. The van der Waals surface area contributed by atoms with Gasteiger partial charge in [-0.1, -0.05) is 45.7 Å². The molecule has 1 aromatic rings. The molecule has 0 bridgehead atoms. The smallest absolute Gasteiger partial charge is 0.120 e. The molecule has 3 atom stereocenters. The molecular formula is C19H31NO. The average molecular weight is 289 g/mol. The first kappa shape index (κ1) is 16.4. The molecule has 1 fully saturated rings. The minimum Gasteiger partial charge on any atom is -0.489 e. The maximum Gasteiger partial charge on any atom is 0.120 e. The molecule has 1 saturated carbocycles. The van der Waals surface area contributed by atoms with Crippen molar-refractivity contribution in [3.8, 4) is 5.75 Å². The summed E-state index contributed by atoms with van der Waals surface area (Å²) in [6.07, 6.45) is 6.68. The van der Waals surface area contributed by atoms with Crippen LogP contribution in [0.1, 0.15) is 64.4 Å². The van der Waals surface area contributed by atoms with Crippen LogP contribution in [0.4, 0.5) is 0 Å². The highest BCUT2D eigenvalue weighted by atomic mass is 16.5. The van der Waals surface area contributed by atoms with Crippen LogP contribution in [0, 0.1) is 5.92 Å². The Bertz CT molecular complexity index is 429. The van der Waals surface area contributed by atoms with E-state index in [9.17, 15) is 0 Å². The lowest BCUT2D eigenvalue weighted by Crippen LogP contribution is -2.45. The Morgan fingerprint density at radius 1 is 1.29 bits per heavy atom. The first-order valence-corrected chi connectivity index (χ1v) is 8.57. The van der Waals surface area contributed by atoms with Crippen molar-refractivity contribution in [2.45, 2.75) is 70.9 Å². The van der Waals surface area contributed by atoms with Gasteiger partial charge in [0.25, 0.3) is 0 Å². The van der Waals surface area contributed by atoms with Crippen LogP contribution in [-0.2, 0) is 0 Å². The molecule has 1 N–H and O–H groups in total. The van der Waals surface area contributed by atoms with Crippen LogP contribution in [0.5, 0.6) is 5.75 Å². The van der Waals surface area contributed by atoms with Crippen LogP contribution >= 0.6 is 0 Å². The Kier molecular flexibility index (Phi) is 6.10. The van der Waals surface area contributed by atoms with Crippen LogP contribution in [0.25, 0.3) is 0 Å². The fraction of sp³-hybridized carbons (Fsp3) is 0.684. The molecule has 3 unspecified atom stereocenters. The minimum absolute atomic E-state index is 0.308. The summed E-state index contributed by atoms with van der Waals surface area (Å²) >= 11 is 0. The molecule has 1 aliphatic carbocycles. The van der Waals surface area contributed by atoms with Gasteiger partial charge in [0.05, 0.1) is 0 Å². The van der Waals surface area contributed by atoms with Crippen molar-refractivity contribution in [1.29, 1.82) is 0 Å². The Morgan fingerprint density at radius 2 is 2.10 bits per heavy atom. The molecule has 0 radical (unpaired) electrons. The number of benzene rings is 1. The monoisotopic (exact) mass is 289 g/mol. The molecule has 2 heteroatoms. The number of hydrogen-bond acceptors (Lipinski definition) is 2. The summed E-state index contributed by atoms with van der Waals surface area (Å²) in [5.74, 6) is 2.41. The third-order valence-electron chi connectivity index (χ3n) is 4.78. The number of likely N-dealkylation sites (N-methyl/N-ethyl adjacent to an activating group) is 1. The summed E-state index contributed by atoms with van der Waals surface area (Å²) in [5, 5.41) is 3.45. The van der Waals surface area contributed by atoms with Crippen LogP contribution in [0.3, 0.4) is 0 Å². The highest BCUT2D eigenvalue weighted by Gasteiger charge is 2.30. The molecule has 0 aliphatic heterocycles. The van der Waals surface area contributed by atoms with E-state index in [1.54, 1.807) is 0 Å². The van der Waals surface area contributed by atoms with E-state index in [1.165, 1.54) is 37.7 Å². The highest BCUT2D eigenvalue weighted by Crippen LogP contribution is 2.31. The summed E-state index contributed by atoms with van der Waals surface area (Å²) in [4.78, 5) is 0. The Labute approximate surface area is 130 Å². The fourth-order valence-electron chi connectivity index (χ4n) is 3.46. The summed E-state index contributed by atoms with van der Waals surface area (Å²) < 4.78 is 6.36. The third-order valence-corrected chi connectivity index (χ3v) is 4.78. The number of ether oxygens (including phenoxy) is 1. The molecule has 0 heterocycles. The maximum atomic E-state index is 6.36. The Hall–Kier alpha value is -1.02. The van der Waals surface area contributed by atoms with E-state index in [1.807, 2.05) is 0 Å². The summed E-state index contributed by atoms with van der Waals surface area (Å²) in [7, 11) is 2.06. The molecule has 0 aromatic heterocycles. The molecule has 0 amide bonds. The van der Waals surface area contributed by atoms with Crippen LogP contribution in [0.2, 0.25) is 0 Å². The van der Waals surface area contributed by atoms with Crippen LogP contribution in [-0.4, -0.2) is 19.2 Å². The highest BCUT2D eigenvalue weighted by molar-refractivity contribution is 5.30. The zero-order chi connectivity index (χ0) is 15.2. The summed E-state index contributed by atoms with van der Waals surface area (Å²) in [6.45, 7) is 6.74. The van der Waals surface area contributed by atoms with Gasteiger partial charge in [0.1, 0.15) is 11.9 Å². The van der Waals surface area contributed by atoms with E-state index in [4.69, 9.17) is 4.74 Å². The van der Waals surface area contributed by atoms with E-state index in [0.717, 1.165) is 11.7 Å². The predicted octanol–water partition coefficient (Wildman–Crippen LogP) is 4.75. The molecule has 1 aliphatic rings. The molecule has 1 aromatic carbocycles. The molecule has 0 saturated heterocycles. The minimum atomic E-state index is 0.308. The molecule has 0 spiro atoms. The fourth-order valence-corrected chi connectivity index (χ4v) is 3.46. The van der Waals surface area contributed by atoms with Gasteiger partial charge in [-0.15, -0.1) is 0 Å². The van der Waals surface area contributed by atoms with Gasteiger partial charge in [-0.05, 0) is 55.8 Å².